The highest BCUT2D eigenvalue weighted by Crippen LogP contribution is 2.36. The number of carbonyl (C=O) groups excluding carboxylic acids is 1. The van der Waals surface area contributed by atoms with Crippen molar-refractivity contribution in [1.29, 1.82) is 0 Å². The Labute approximate surface area is 151 Å². The fourth-order valence-electron chi connectivity index (χ4n) is 2.57. The Morgan fingerprint density at radius 3 is 2.48 bits per heavy atom. The summed E-state index contributed by atoms with van der Waals surface area (Å²) in [4.78, 5) is 11.8. The van der Waals surface area contributed by atoms with Gasteiger partial charge in [0.1, 0.15) is 0 Å². The van der Waals surface area contributed by atoms with Crippen LogP contribution < -0.4 is 10.8 Å². The molecule has 1 N–H and O–H groups in total. The van der Waals surface area contributed by atoms with Crippen LogP contribution in [0, 0.1) is 0 Å². The van der Waals surface area contributed by atoms with Crippen LogP contribution in [-0.4, -0.2) is 31.0 Å². The molecule has 0 saturated carbocycles. The fraction of sp³-hybridized carbons (Fsp3) is 0.632. The molecular weight excluding hydrogens is 317 g/mol. The van der Waals surface area contributed by atoms with Gasteiger partial charge < -0.3 is 19.4 Å². The molecular formula is C19H30BNO4. The second-order valence-electron chi connectivity index (χ2n) is 7.61. The number of rotatable bonds is 6. The lowest BCUT2D eigenvalue weighted by Gasteiger charge is -2.32. The van der Waals surface area contributed by atoms with Crippen molar-refractivity contribution in [3.05, 3.63) is 29.8 Å². The van der Waals surface area contributed by atoms with Crippen molar-refractivity contribution in [2.24, 2.45) is 0 Å². The zero-order valence-corrected chi connectivity index (χ0v) is 16.2. The zero-order chi connectivity index (χ0) is 18.7. The number of alkyl carbamates (subject to hydrolysis) is 1. The molecule has 2 rings (SSSR count). The van der Waals surface area contributed by atoms with Crippen LogP contribution in [-0.2, 0) is 14.0 Å². The van der Waals surface area contributed by atoms with Gasteiger partial charge in [-0.05, 0) is 52.1 Å². The molecule has 1 atom stereocenters. The highest BCUT2D eigenvalue weighted by atomic mass is 16.7. The average molecular weight is 347 g/mol. The summed E-state index contributed by atoms with van der Waals surface area (Å²) in [6, 6.07) is 7.77. The number of benzene rings is 1. The monoisotopic (exact) mass is 347 g/mol. The molecule has 1 aliphatic rings. The summed E-state index contributed by atoms with van der Waals surface area (Å²) < 4.78 is 17.4. The molecule has 0 radical (unpaired) electrons. The van der Waals surface area contributed by atoms with Gasteiger partial charge in [0.2, 0.25) is 0 Å². The van der Waals surface area contributed by atoms with E-state index in [2.05, 4.69) is 12.2 Å². The number of hydrogen-bond donors (Lipinski definition) is 1. The third-order valence-electron chi connectivity index (χ3n) is 5.00. The molecule has 1 heterocycles. The normalized spacial score (nSPS) is 19.5. The Hall–Kier alpha value is -1.53. The molecule has 0 aromatic heterocycles. The van der Waals surface area contributed by atoms with Crippen LogP contribution in [0.2, 0.25) is 0 Å². The van der Waals surface area contributed by atoms with E-state index in [4.69, 9.17) is 14.0 Å². The molecule has 138 valence electrons. The molecule has 0 spiro atoms. The third-order valence-corrected chi connectivity index (χ3v) is 5.00. The van der Waals surface area contributed by atoms with E-state index in [-0.39, 0.29) is 23.3 Å². The minimum absolute atomic E-state index is 0.156. The third kappa shape index (κ3) is 4.76. The first-order chi connectivity index (χ1) is 11.7. The van der Waals surface area contributed by atoms with Crippen LogP contribution >= 0.6 is 0 Å². The second kappa shape index (κ2) is 7.79. The Balaban J connectivity index is 2.03. The van der Waals surface area contributed by atoms with Gasteiger partial charge in [-0.15, -0.1) is 0 Å². The van der Waals surface area contributed by atoms with Gasteiger partial charge in [0.05, 0.1) is 23.9 Å². The van der Waals surface area contributed by atoms with E-state index >= 15 is 0 Å². The molecule has 5 nitrogen and oxygen atoms in total. The number of amides is 1. The lowest BCUT2D eigenvalue weighted by Crippen LogP contribution is -2.41. The molecule has 0 bridgehead atoms. The lowest BCUT2D eigenvalue weighted by atomic mass is 9.78. The van der Waals surface area contributed by atoms with E-state index in [0.29, 0.717) is 6.61 Å². The minimum Gasteiger partial charge on any atom is -0.450 e. The van der Waals surface area contributed by atoms with E-state index in [9.17, 15) is 4.79 Å². The van der Waals surface area contributed by atoms with Crippen LogP contribution in [0.4, 0.5) is 4.79 Å². The van der Waals surface area contributed by atoms with Crippen molar-refractivity contribution in [3.63, 3.8) is 0 Å². The lowest BCUT2D eigenvalue weighted by molar-refractivity contribution is 0.00578. The van der Waals surface area contributed by atoms with E-state index in [1.54, 1.807) is 0 Å². The van der Waals surface area contributed by atoms with Gasteiger partial charge in [0, 0.05) is 0 Å². The molecule has 1 unspecified atom stereocenters. The highest BCUT2D eigenvalue weighted by Gasteiger charge is 2.51. The molecule has 1 aromatic carbocycles. The SMILES string of the molecule is CCCCOC(=O)NC(C)c1cccc(B2OC(C)(C)C(C)(C)O2)c1. The number of ether oxygens (including phenoxy) is 1. The molecule has 1 aromatic rings. The standard InChI is InChI=1S/C19H30BNO4/c1-7-8-12-23-17(22)21-14(2)15-10-9-11-16(13-15)20-24-18(3,4)19(5,6)25-20/h9-11,13-14H,7-8,12H2,1-6H3,(H,21,22). The summed E-state index contributed by atoms with van der Waals surface area (Å²) in [5.74, 6) is 0. The second-order valence-corrected chi connectivity index (χ2v) is 7.61. The number of hydrogen-bond acceptors (Lipinski definition) is 4. The summed E-state index contributed by atoms with van der Waals surface area (Å²) in [7, 11) is -0.409. The van der Waals surface area contributed by atoms with Crippen LogP contribution in [0.15, 0.2) is 24.3 Å². The molecule has 1 saturated heterocycles. The molecule has 25 heavy (non-hydrogen) atoms. The first-order valence-corrected chi connectivity index (χ1v) is 9.05. The van der Waals surface area contributed by atoms with E-state index in [1.165, 1.54) is 0 Å². The topological polar surface area (TPSA) is 56.8 Å². The fourth-order valence-corrected chi connectivity index (χ4v) is 2.57. The maximum Gasteiger partial charge on any atom is 0.494 e. The number of carbonyl (C=O) groups is 1. The van der Waals surface area contributed by atoms with Crippen molar-refractivity contribution in [3.8, 4) is 0 Å². The Morgan fingerprint density at radius 2 is 1.88 bits per heavy atom. The van der Waals surface area contributed by atoms with Gasteiger partial charge >= 0.3 is 13.2 Å². The van der Waals surface area contributed by atoms with Crippen LogP contribution in [0.1, 0.15) is 66.0 Å². The van der Waals surface area contributed by atoms with Crippen molar-refractivity contribution < 1.29 is 18.8 Å². The first-order valence-electron chi connectivity index (χ1n) is 9.05. The average Bonchev–Trinajstić information content (AvgIpc) is 2.76. The van der Waals surface area contributed by atoms with Gasteiger partial charge in [0.15, 0.2) is 0 Å². The van der Waals surface area contributed by atoms with Gasteiger partial charge in [0.25, 0.3) is 0 Å². The summed E-state index contributed by atoms with van der Waals surface area (Å²) in [6.07, 6.45) is 1.49. The van der Waals surface area contributed by atoms with Gasteiger partial charge in [-0.25, -0.2) is 4.79 Å². The Bertz CT molecular complexity index is 587. The highest BCUT2D eigenvalue weighted by molar-refractivity contribution is 6.62. The van der Waals surface area contributed by atoms with Crippen LogP contribution in [0.5, 0.6) is 0 Å². The largest absolute Gasteiger partial charge is 0.494 e. The van der Waals surface area contributed by atoms with Crippen molar-refractivity contribution in [2.45, 2.75) is 71.6 Å². The van der Waals surface area contributed by atoms with Gasteiger partial charge in [-0.2, -0.15) is 0 Å². The Kier molecular flexibility index (Phi) is 6.17. The predicted octanol–water partition coefficient (Wildman–Crippen LogP) is 3.57. The quantitative estimate of drug-likeness (QED) is 0.631. The van der Waals surface area contributed by atoms with Gasteiger partial charge in [-0.3, -0.25) is 0 Å². The van der Waals surface area contributed by atoms with Gasteiger partial charge in [-0.1, -0.05) is 37.6 Å². The van der Waals surface area contributed by atoms with E-state index < -0.39 is 7.12 Å². The van der Waals surface area contributed by atoms with Crippen molar-refractivity contribution in [1.82, 2.24) is 5.32 Å². The summed E-state index contributed by atoms with van der Waals surface area (Å²) >= 11 is 0. The molecule has 6 heteroatoms. The van der Waals surface area contributed by atoms with Crippen molar-refractivity contribution >= 4 is 18.7 Å². The molecule has 1 aliphatic heterocycles. The molecule has 0 aliphatic carbocycles. The molecule has 1 fully saturated rings. The van der Waals surface area contributed by atoms with Crippen molar-refractivity contribution in [2.75, 3.05) is 6.61 Å². The first kappa shape index (κ1) is 19.8. The smallest absolute Gasteiger partial charge is 0.450 e. The van der Waals surface area contributed by atoms with E-state index in [1.807, 2.05) is 58.9 Å². The van der Waals surface area contributed by atoms with E-state index in [0.717, 1.165) is 23.9 Å². The maximum atomic E-state index is 11.8. The van der Waals surface area contributed by atoms with Crippen LogP contribution in [0.25, 0.3) is 0 Å². The number of unbranched alkanes of at least 4 members (excludes halogenated alkanes) is 1. The molecule has 1 amide bonds. The summed E-state index contributed by atoms with van der Waals surface area (Å²) in [5.41, 5.74) is 1.19. The zero-order valence-electron chi connectivity index (χ0n) is 16.2. The Morgan fingerprint density at radius 1 is 1.24 bits per heavy atom. The van der Waals surface area contributed by atoms with Crippen LogP contribution in [0.3, 0.4) is 0 Å². The predicted molar refractivity (Wildman–Crippen MR) is 100.0 cm³/mol. The maximum absolute atomic E-state index is 11.8. The minimum atomic E-state index is -0.409. The number of nitrogens with one attached hydrogen (secondary N) is 1. The summed E-state index contributed by atoms with van der Waals surface area (Å²) in [5, 5.41) is 2.86. The summed E-state index contributed by atoms with van der Waals surface area (Å²) in [6.45, 7) is 12.6.